The Morgan fingerprint density at radius 1 is 0.442 bits per heavy atom. The molecule has 0 spiro atoms. The molecule has 0 fully saturated rings. The highest BCUT2D eigenvalue weighted by Crippen LogP contribution is 2.56. The van der Waals surface area contributed by atoms with Crippen molar-refractivity contribution in [2.75, 3.05) is 4.90 Å². The first-order chi connectivity index (χ1) is 25.6. The number of fused-ring (bicyclic) bond motifs is 12. The van der Waals surface area contributed by atoms with E-state index in [9.17, 15) is 0 Å². The quantitative estimate of drug-likeness (QED) is 0.177. The van der Waals surface area contributed by atoms with Gasteiger partial charge in [-0.3, -0.25) is 0 Å². The van der Waals surface area contributed by atoms with E-state index < -0.39 is 0 Å². The van der Waals surface area contributed by atoms with Crippen molar-refractivity contribution in [1.29, 1.82) is 0 Å². The largest absolute Gasteiger partial charge is 0.309 e. The molecule has 2 aromatic heterocycles. The van der Waals surface area contributed by atoms with Gasteiger partial charge in [-0.1, -0.05) is 135 Å². The van der Waals surface area contributed by atoms with Gasteiger partial charge in [-0.15, -0.1) is 22.7 Å². The van der Waals surface area contributed by atoms with E-state index >= 15 is 0 Å². The van der Waals surface area contributed by atoms with E-state index in [1.807, 2.05) is 22.7 Å². The maximum absolute atomic E-state index is 2.54. The molecule has 1 nitrogen and oxygen atoms in total. The van der Waals surface area contributed by atoms with E-state index in [0.717, 1.165) is 5.69 Å². The van der Waals surface area contributed by atoms with Crippen LogP contribution in [0.4, 0.5) is 17.1 Å². The Kier molecular flexibility index (Phi) is 6.41. The van der Waals surface area contributed by atoms with Gasteiger partial charge >= 0.3 is 0 Å². The molecule has 10 aromatic rings. The van der Waals surface area contributed by atoms with Crippen LogP contribution in [0.3, 0.4) is 0 Å². The number of rotatable bonds is 4. The van der Waals surface area contributed by atoms with Gasteiger partial charge in [-0.25, -0.2) is 0 Å². The number of nitrogens with zero attached hydrogens (tertiary/aromatic N) is 1. The van der Waals surface area contributed by atoms with Crippen molar-refractivity contribution in [1.82, 2.24) is 0 Å². The molecule has 0 radical (unpaired) electrons. The zero-order valence-corrected chi connectivity index (χ0v) is 30.5. The van der Waals surface area contributed by atoms with Gasteiger partial charge in [0, 0.05) is 57.0 Å². The Morgan fingerprint density at radius 3 is 1.98 bits per heavy atom. The number of benzene rings is 8. The molecular weight excluding hydrogens is 667 g/mol. The van der Waals surface area contributed by atoms with Crippen molar-refractivity contribution in [3.05, 3.63) is 175 Å². The third-order valence-corrected chi connectivity index (χ3v) is 13.6. The normalized spacial score (nSPS) is 13.3. The Hall–Kier alpha value is -5.74. The summed E-state index contributed by atoms with van der Waals surface area (Å²) in [5.41, 5.74) is 11.3. The first-order valence-electron chi connectivity index (χ1n) is 17.9. The Bertz CT molecular complexity index is 3040. The van der Waals surface area contributed by atoms with Crippen molar-refractivity contribution in [2.24, 2.45) is 0 Å². The van der Waals surface area contributed by atoms with Crippen LogP contribution in [0.25, 0.3) is 73.4 Å². The highest BCUT2D eigenvalue weighted by atomic mass is 32.1. The van der Waals surface area contributed by atoms with Gasteiger partial charge in [0.15, 0.2) is 0 Å². The maximum atomic E-state index is 2.54. The van der Waals surface area contributed by atoms with Crippen LogP contribution in [0.2, 0.25) is 0 Å². The molecule has 0 bridgehead atoms. The summed E-state index contributed by atoms with van der Waals surface area (Å²) in [6.45, 7) is 4.74. The van der Waals surface area contributed by atoms with Crippen LogP contribution in [0.15, 0.2) is 164 Å². The highest BCUT2D eigenvalue weighted by molar-refractivity contribution is 7.28. The molecule has 1 aliphatic carbocycles. The predicted molar refractivity (Wildman–Crippen MR) is 227 cm³/mol. The topological polar surface area (TPSA) is 3.24 Å². The average molecular weight is 700 g/mol. The van der Waals surface area contributed by atoms with E-state index in [-0.39, 0.29) is 5.41 Å². The third-order valence-electron chi connectivity index (χ3n) is 11.3. The van der Waals surface area contributed by atoms with Gasteiger partial charge in [0.25, 0.3) is 0 Å². The molecule has 3 heteroatoms. The third kappa shape index (κ3) is 4.21. The van der Waals surface area contributed by atoms with Gasteiger partial charge in [0.2, 0.25) is 0 Å². The molecule has 0 saturated carbocycles. The lowest BCUT2D eigenvalue weighted by molar-refractivity contribution is 0.660. The summed E-state index contributed by atoms with van der Waals surface area (Å²) in [6.07, 6.45) is 0. The molecule has 1 aliphatic rings. The van der Waals surface area contributed by atoms with Crippen LogP contribution >= 0.6 is 22.7 Å². The second kappa shape index (κ2) is 11.1. The van der Waals surface area contributed by atoms with Gasteiger partial charge in [-0.05, 0) is 81.1 Å². The SMILES string of the molecule is CC1(C)c2ccccc2-c2c(N(c3ccc(-c4ccccc4)cc3)c3cccc4sc5ccc6sc7c8ccccc8ccc7c6c5c34)cccc21. The molecular formula is C49H33NS2. The maximum Gasteiger partial charge on any atom is 0.0555 e. The predicted octanol–water partition coefficient (Wildman–Crippen LogP) is 15.0. The summed E-state index contributed by atoms with van der Waals surface area (Å²) in [6, 6.07) is 60.8. The summed E-state index contributed by atoms with van der Waals surface area (Å²) >= 11 is 3.83. The summed E-state index contributed by atoms with van der Waals surface area (Å²) in [5, 5.41) is 8.00. The Labute approximate surface area is 310 Å². The molecule has 0 unspecified atom stereocenters. The first-order valence-corrected chi connectivity index (χ1v) is 19.6. The van der Waals surface area contributed by atoms with Gasteiger partial charge in [0.05, 0.1) is 11.4 Å². The van der Waals surface area contributed by atoms with Crippen LogP contribution in [0.1, 0.15) is 25.0 Å². The molecule has 11 rings (SSSR count). The molecule has 0 aliphatic heterocycles. The van der Waals surface area contributed by atoms with E-state index in [2.05, 4.69) is 183 Å². The van der Waals surface area contributed by atoms with Crippen LogP contribution < -0.4 is 4.90 Å². The van der Waals surface area contributed by atoms with Gasteiger partial charge in [-0.2, -0.15) is 0 Å². The molecule has 0 saturated heterocycles. The van der Waals surface area contributed by atoms with E-state index in [1.165, 1.54) is 95.9 Å². The molecule has 0 amide bonds. The minimum atomic E-state index is -0.101. The fourth-order valence-electron chi connectivity index (χ4n) is 8.83. The lowest BCUT2D eigenvalue weighted by Gasteiger charge is -2.29. The Morgan fingerprint density at radius 2 is 1.12 bits per heavy atom. The van der Waals surface area contributed by atoms with Crippen LogP contribution in [-0.2, 0) is 5.41 Å². The first kappa shape index (κ1) is 29.9. The van der Waals surface area contributed by atoms with E-state index in [1.54, 1.807) is 0 Å². The monoisotopic (exact) mass is 699 g/mol. The fourth-order valence-corrected chi connectivity index (χ4v) is 11.2. The molecule has 246 valence electrons. The minimum absolute atomic E-state index is 0.101. The zero-order chi connectivity index (χ0) is 34.6. The van der Waals surface area contributed by atoms with Crippen LogP contribution in [-0.4, -0.2) is 0 Å². The molecule has 0 N–H and O–H groups in total. The van der Waals surface area contributed by atoms with Crippen molar-refractivity contribution in [3.8, 4) is 22.3 Å². The van der Waals surface area contributed by atoms with Crippen LogP contribution in [0, 0.1) is 0 Å². The van der Waals surface area contributed by atoms with Gasteiger partial charge < -0.3 is 4.90 Å². The summed E-state index contributed by atoms with van der Waals surface area (Å²) in [7, 11) is 0. The number of anilines is 3. The van der Waals surface area contributed by atoms with Crippen molar-refractivity contribution >= 4 is 90.9 Å². The standard InChI is InChI=1S/C49H33NS2/c1-49(2)37-17-9-8-16-35(37)44-38(49)18-10-19-39(44)50(33-25-22-31(23-26-33)30-12-4-3-5-13-30)40-20-11-21-41-46(40)47-43(51-41)29-28-42-45(47)36-27-24-32-14-6-7-15-34(32)48(36)52-42/h3-29H,1-2H3. The lowest BCUT2D eigenvalue weighted by atomic mass is 9.82. The number of thiophene rings is 2. The molecule has 52 heavy (non-hydrogen) atoms. The van der Waals surface area contributed by atoms with Crippen LogP contribution in [0.5, 0.6) is 0 Å². The van der Waals surface area contributed by atoms with Crippen molar-refractivity contribution in [3.63, 3.8) is 0 Å². The summed E-state index contributed by atoms with van der Waals surface area (Å²) < 4.78 is 5.33. The van der Waals surface area contributed by atoms with E-state index in [0.29, 0.717) is 0 Å². The summed E-state index contributed by atoms with van der Waals surface area (Å²) in [4.78, 5) is 2.54. The molecule has 2 heterocycles. The van der Waals surface area contributed by atoms with Crippen molar-refractivity contribution in [2.45, 2.75) is 19.3 Å². The molecule has 0 atom stereocenters. The number of hydrogen-bond donors (Lipinski definition) is 0. The summed E-state index contributed by atoms with van der Waals surface area (Å²) in [5.74, 6) is 0. The lowest BCUT2D eigenvalue weighted by Crippen LogP contribution is -2.16. The second-order valence-corrected chi connectivity index (χ2v) is 16.6. The average Bonchev–Trinajstić information content (AvgIpc) is 3.84. The highest BCUT2D eigenvalue weighted by Gasteiger charge is 2.38. The zero-order valence-electron chi connectivity index (χ0n) is 28.9. The second-order valence-electron chi connectivity index (χ2n) is 14.4. The van der Waals surface area contributed by atoms with E-state index in [4.69, 9.17) is 0 Å². The smallest absolute Gasteiger partial charge is 0.0555 e. The Balaban J connectivity index is 1.24. The number of hydrogen-bond acceptors (Lipinski definition) is 3. The minimum Gasteiger partial charge on any atom is -0.309 e. The van der Waals surface area contributed by atoms with Crippen molar-refractivity contribution < 1.29 is 0 Å². The van der Waals surface area contributed by atoms with Gasteiger partial charge in [0.1, 0.15) is 0 Å². The fraction of sp³-hybridized carbons (Fsp3) is 0.0612. The molecule has 8 aromatic carbocycles.